The minimum Gasteiger partial charge on any atom is -0.381 e. The van der Waals surface area contributed by atoms with Gasteiger partial charge in [0.25, 0.3) is 0 Å². The molecule has 0 saturated heterocycles. The molecule has 2 heterocycles. The van der Waals surface area contributed by atoms with Crippen LogP contribution in [0.5, 0.6) is 0 Å². The first-order chi connectivity index (χ1) is 9.81. The molecule has 0 radical (unpaired) electrons. The SMILES string of the molecule is CC(CNc1ccc2nnnn2n1)Nc1ccccc1. The number of hydrogen-bond acceptors (Lipinski definition) is 6. The summed E-state index contributed by atoms with van der Waals surface area (Å²) in [7, 11) is 0. The number of para-hydroxylation sites is 1. The molecule has 0 fully saturated rings. The van der Waals surface area contributed by atoms with E-state index < -0.39 is 0 Å². The lowest BCUT2D eigenvalue weighted by Crippen LogP contribution is -2.25. The summed E-state index contributed by atoms with van der Waals surface area (Å²) in [5.41, 5.74) is 1.73. The second kappa shape index (κ2) is 5.52. The van der Waals surface area contributed by atoms with Crippen molar-refractivity contribution in [3.05, 3.63) is 42.5 Å². The lowest BCUT2D eigenvalue weighted by molar-refractivity contribution is 0.730. The van der Waals surface area contributed by atoms with Gasteiger partial charge in [-0.15, -0.1) is 14.8 Å². The fourth-order valence-electron chi connectivity index (χ4n) is 1.87. The standard InChI is InChI=1S/C13H15N7/c1-10(15-11-5-3-2-4-6-11)9-14-12-7-8-13-16-18-19-20(13)17-12/h2-8,10,15H,9H2,1H3,(H,14,17). The van der Waals surface area contributed by atoms with Crippen molar-refractivity contribution in [2.24, 2.45) is 0 Å². The smallest absolute Gasteiger partial charge is 0.200 e. The fourth-order valence-corrected chi connectivity index (χ4v) is 1.87. The molecule has 0 amide bonds. The van der Waals surface area contributed by atoms with Crippen LogP contribution in [0.4, 0.5) is 11.5 Å². The van der Waals surface area contributed by atoms with E-state index in [2.05, 4.69) is 38.2 Å². The molecule has 2 N–H and O–H groups in total. The van der Waals surface area contributed by atoms with Gasteiger partial charge in [0.15, 0.2) is 5.65 Å². The molecule has 20 heavy (non-hydrogen) atoms. The number of benzene rings is 1. The number of nitrogens with one attached hydrogen (secondary N) is 2. The first kappa shape index (κ1) is 12.3. The molecule has 0 bridgehead atoms. The Bertz CT molecular complexity index is 679. The molecule has 0 saturated carbocycles. The van der Waals surface area contributed by atoms with Crippen molar-refractivity contribution in [3.8, 4) is 0 Å². The molecular weight excluding hydrogens is 254 g/mol. The van der Waals surface area contributed by atoms with Crippen LogP contribution in [0.2, 0.25) is 0 Å². The summed E-state index contributed by atoms with van der Waals surface area (Å²) in [6, 6.07) is 14.1. The molecule has 1 unspecified atom stereocenters. The second-order valence-electron chi connectivity index (χ2n) is 4.54. The maximum Gasteiger partial charge on any atom is 0.200 e. The molecule has 102 valence electrons. The predicted octanol–water partition coefficient (Wildman–Crippen LogP) is 1.43. The molecule has 0 spiro atoms. The van der Waals surface area contributed by atoms with Crippen LogP contribution >= 0.6 is 0 Å². The quantitative estimate of drug-likeness (QED) is 0.729. The molecule has 0 aliphatic heterocycles. The summed E-state index contributed by atoms with van der Waals surface area (Å²) in [6.07, 6.45) is 0. The van der Waals surface area contributed by atoms with E-state index in [4.69, 9.17) is 0 Å². The van der Waals surface area contributed by atoms with Gasteiger partial charge in [0.05, 0.1) is 0 Å². The van der Waals surface area contributed by atoms with Gasteiger partial charge in [0.2, 0.25) is 0 Å². The average molecular weight is 269 g/mol. The molecule has 0 aliphatic rings. The van der Waals surface area contributed by atoms with Gasteiger partial charge in [-0.05, 0) is 41.6 Å². The Hall–Kier alpha value is -2.70. The Balaban J connectivity index is 1.58. The van der Waals surface area contributed by atoms with Gasteiger partial charge in [-0.25, -0.2) is 0 Å². The Morgan fingerprint density at radius 2 is 2.00 bits per heavy atom. The summed E-state index contributed by atoms with van der Waals surface area (Å²) in [6.45, 7) is 2.85. The van der Waals surface area contributed by atoms with Gasteiger partial charge in [0, 0.05) is 18.3 Å². The number of tetrazole rings is 1. The van der Waals surface area contributed by atoms with E-state index in [9.17, 15) is 0 Å². The van der Waals surface area contributed by atoms with Crippen LogP contribution in [-0.4, -0.2) is 37.8 Å². The first-order valence-electron chi connectivity index (χ1n) is 6.42. The van der Waals surface area contributed by atoms with Crippen molar-refractivity contribution in [1.82, 2.24) is 25.3 Å². The molecule has 3 rings (SSSR count). The summed E-state index contributed by atoms with van der Waals surface area (Å²) < 4.78 is 1.40. The van der Waals surface area contributed by atoms with Crippen molar-refractivity contribution in [2.45, 2.75) is 13.0 Å². The largest absolute Gasteiger partial charge is 0.381 e. The molecule has 3 aromatic rings. The number of anilines is 2. The topological polar surface area (TPSA) is 80.0 Å². The number of hydrogen-bond donors (Lipinski definition) is 2. The highest BCUT2D eigenvalue weighted by atomic mass is 15.6. The van der Waals surface area contributed by atoms with E-state index in [1.165, 1.54) is 4.63 Å². The predicted molar refractivity (Wildman–Crippen MR) is 76.6 cm³/mol. The number of aromatic nitrogens is 5. The zero-order chi connectivity index (χ0) is 13.8. The van der Waals surface area contributed by atoms with E-state index in [0.717, 1.165) is 18.1 Å². The highest BCUT2D eigenvalue weighted by molar-refractivity contribution is 5.45. The Labute approximate surface area is 116 Å². The highest BCUT2D eigenvalue weighted by Gasteiger charge is 2.04. The normalized spacial score (nSPS) is 12.2. The van der Waals surface area contributed by atoms with Gasteiger partial charge >= 0.3 is 0 Å². The van der Waals surface area contributed by atoms with Crippen LogP contribution in [0.3, 0.4) is 0 Å². The Morgan fingerprint density at radius 1 is 1.15 bits per heavy atom. The van der Waals surface area contributed by atoms with E-state index >= 15 is 0 Å². The van der Waals surface area contributed by atoms with Crippen molar-refractivity contribution in [1.29, 1.82) is 0 Å². The lowest BCUT2D eigenvalue weighted by atomic mass is 10.2. The Kier molecular flexibility index (Phi) is 3.40. The van der Waals surface area contributed by atoms with Crippen LogP contribution in [-0.2, 0) is 0 Å². The third kappa shape index (κ3) is 2.82. The summed E-state index contributed by atoms with van der Waals surface area (Å²) in [5, 5.41) is 22.0. The number of fused-ring (bicyclic) bond motifs is 1. The van der Waals surface area contributed by atoms with E-state index in [1.54, 1.807) is 0 Å². The van der Waals surface area contributed by atoms with Crippen molar-refractivity contribution < 1.29 is 0 Å². The third-order valence-electron chi connectivity index (χ3n) is 2.85. The molecule has 2 aromatic heterocycles. The third-order valence-corrected chi connectivity index (χ3v) is 2.85. The fraction of sp³-hybridized carbons (Fsp3) is 0.231. The zero-order valence-electron chi connectivity index (χ0n) is 11.1. The molecule has 0 aliphatic carbocycles. The monoisotopic (exact) mass is 269 g/mol. The molecule has 1 aromatic carbocycles. The minimum atomic E-state index is 0.267. The van der Waals surface area contributed by atoms with Gasteiger partial charge in [-0.3, -0.25) is 0 Å². The van der Waals surface area contributed by atoms with Gasteiger partial charge < -0.3 is 10.6 Å². The van der Waals surface area contributed by atoms with Crippen molar-refractivity contribution in [2.75, 3.05) is 17.2 Å². The van der Waals surface area contributed by atoms with Crippen molar-refractivity contribution >= 4 is 17.2 Å². The average Bonchev–Trinajstić information content (AvgIpc) is 2.93. The highest BCUT2D eigenvalue weighted by Crippen LogP contribution is 2.08. The van der Waals surface area contributed by atoms with Crippen LogP contribution < -0.4 is 10.6 Å². The Morgan fingerprint density at radius 3 is 2.85 bits per heavy atom. The first-order valence-corrected chi connectivity index (χ1v) is 6.42. The van der Waals surface area contributed by atoms with Crippen LogP contribution in [0.25, 0.3) is 5.65 Å². The minimum absolute atomic E-state index is 0.267. The summed E-state index contributed by atoms with van der Waals surface area (Å²) in [4.78, 5) is 0. The lowest BCUT2D eigenvalue weighted by Gasteiger charge is -2.16. The maximum atomic E-state index is 4.26. The van der Waals surface area contributed by atoms with Gasteiger partial charge in [-0.2, -0.15) is 0 Å². The second-order valence-corrected chi connectivity index (χ2v) is 4.54. The van der Waals surface area contributed by atoms with Gasteiger partial charge in [-0.1, -0.05) is 18.2 Å². The number of rotatable bonds is 5. The van der Waals surface area contributed by atoms with Crippen LogP contribution in [0.1, 0.15) is 6.92 Å². The molecular formula is C13H15N7. The molecule has 7 heteroatoms. The van der Waals surface area contributed by atoms with Crippen LogP contribution in [0, 0.1) is 0 Å². The van der Waals surface area contributed by atoms with Gasteiger partial charge in [0.1, 0.15) is 5.82 Å². The zero-order valence-corrected chi connectivity index (χ0v) is 11.1. The van der Waals surface area contributed by atoms with Crippen LogP contribution in [0.15, 0.2) is 42.5 Å². The maximum absolute atomic E-state index is 4.26. The molecule has 1 atom stereocenters. The summed E-state index contributed by atoms with van der Waals surface area (Å²) >= 11 is 0. The summed E-state index contributed by atoms with van der Waals surface area (Å²) in [5.74, 6) is 0.742. The van der Waals surface area contributed by atoms with E-state index in [-0.39, 0.29) is 6.04 Å². The number of nitrogens with zero attached hydrogens (tertiary/aromatic N) is 5. The van der Waals surface area contributed by atoms with Crippen molar-refractivity contribution in [3.63, 3.8) is 0 Å². The van der Waals surface area contributed by atoms with E-state index in [1.807, 2.05) is 42.5 Å². The van der Waals surface area contributed by atoms with E-state index in [0.29, 0.717) is 5.65 Å². The molecule has 7 nitrogen and oxygen atoms in total.